The standard InChI is InChI=1S/C25H20ClNO3S/c26-22-19-11-4-5-12-21(19)31-23(22)24(28)27-20-15-17(13-14-18(20)25(29)30)10-6-9-16-7-2-1-3-8-16/h1-5,7-8,11-15H,6,9-10H2,(H,27,28)(H,29,30). The number of aryl methyl sites for hydroxylation is 2. The second kappa shape index (κ2) is 9.33. The average Bonchev–Trinajstić information content (AvgIpc) is 3.11. The van der Waals surface area contributed by atoms with Gasteiger partial charge < -0.3 is 10.4 Å². The minimum Gasteiger partial charge on any atom is -0.478 e. The van der Waals surface area contributed by atoms with E-state index in [-0.39, 0.29) is 11.3 Å². The van der Waals surface area contributed by atoms with E-state index in [1.165, 1.54) is 16.9 Å². The van der Waals surface area contributed by atoms with Crippen LogP contribution in [0, 0.1) is 0 Å². The Morgan fingerprint density at radius 3 is 2.35 bits per heavy atom. The molecule has 0 saturated heterocycles. The summed E-state index contributed by atoms with van der Waals surface area (Å²) in [6.45, 7) is 0. The molecule has 0 aliphatic rings. The van der Waals surface area contributed by atoms with Crippen LogP contribution >= 0.6 is 22.9 Å². The molecule has 0 saturated carbocycles. The highest BCUT2D eigenvalue weighted by Gasteiger charge is 2.19. The first-order valence-electron chi connectivity index (χ1n) is 9.91. The summed E-state index contributed by atoms with van der Waals surface area (Å²) in [7, 11) is 0. The number of carbonyl (C=O) groups is 2. The minimum absolute atomic E-state index is 0.0531. The van der Waals surface area contributed by atoms with Gasteiger partial charge in [-0.15, -0.1) is 11.3 Å². The molecular weight excluding hydrogens is 430 g/mol. The number of carboxylic acid groups (broad SMARTS) is 1. The maximum absolute atomic E-state index is 12.9. The maximum Gasteiger partial charge on any atom is 0.337 e. The Labute approximate surface area is 189 Å². The van der Waals surface area contributed by atoms with Crippen LogP contribution < -0.4 is 5.32 Å². The number of hydrogen-bond acceptors (Lipinski definition) is 3. The molecule has 1 aromatic heterocycles. The molecule has 0 radical (unpaired) electrons. The van der Waals surface area contributed by atoms with E-state index in [0.29, 0.717) is 9.90 Å². The molecule has 4 rings (SSSR count). The minimum atomic E-state index is -1.09. The van der Waals surface area contributed by atoms with Crippen molar-refractivity contribution in [3.63, 3.8) is 0 Å². The number of rotatable bonds is 7. The lowest BCUT2D eigenvalue weighted by molar-refractivity contribution is 0.0698. The van der Waals surface area contributed by atoms with Crippen LogP contribution in [0.3, 0.4) is 0 Å². The number of thiophene rings is 1. The smallest absolute Gasteiger partial charge is 0.337 e. The summed E-state index contributed by atoms with van der Waals surface area (Å²) < 4.78 is 0.908. The zero-order valence-electron chi connectivity index (χ0n) is 16.6. The monoisotopic (exact) mass is 449 g/mol. The van der Waals surface area contributed by atoms with Gasteiger partial charge in [-0.05, 0) is 48.6 Å². The van der Waals surface area contributed by atoms with E-state index in [0.717, 1.165) is 34.9 Å². The van der Waals surface area contributed by atoms with Crippen LogP contribution in [-0.2, 0) is 12.8 Å². The van der Waals surface area contributed by atoms with Gasteiger partial charge in [0.1, 0.15) is 4.88 Å². The third-order valence-electron chi connectivity index (χ3n) is 5.08. The molecule has 1 amide bonds. The van der Waals surface area contributed by atoms with Crippen molar-refractivity contribution in [3.05, 3.63) is 99.4 Å². The summed E-state index contributed by atoms with van der Waals surface area (Å²) in [5.41, 5.74) is 2.57. The molecule has 0 bridgehead atoms. The molecule has 1 heterocycles. The maximum atomic E-state index is 12.9. The Hall–Kier alpha value is -3.15. The van der Waals surface area contributed by atoms with Gasteiger partial charge in [-0.3, -0.25) is 4.79 Å². The summed E-state index contributed by atoms with van der Waals surface area (Å²) in [5.74, 6) is -1.50. The van der Waals surface area contributed by atoms with Crippen molar-refractivity contribution in [2.45, 2.75) is 19.3 Å². The van der Waals surface area contributed by atoms with Gasteiger partial charge in [0.15, 0.2) is 0 Å². The van der Waals surface area contributed by atoms with Gasteiger partial charge in [-0.1, -0.05) is 66.2 Å². The average molecular weight is 450 g/mol. The van der Waals surface area contributed by atoms with Crippen molar-refractivity contribution in [2.24, 2.45) is 0 Å². The molecule has 6 heteroatoms. The highest BCUT2D eigenvalue weighted by Crippen LogP contribution is 2.35. The molecular formula is C25H20ClNO3S. The number of anilines is 1. The molecule has 31 heavy (non-hydrogen) atoms. The number of halogens is 1. The third-order valence-corrected chi connectivity index (χ3v) is 6.75. The zero-order valence-corrected chi connectivity index (χ0v) is 18.2. The molecule has 0 unspecified atom stereocenters. The molecule has 0 atom stereocenters. The van der Waals surface area contributed by atoms with E-state index < -0.39 is 11.9 Å². The van der Waals surface area contributed by atoms with Gasteiger partial charge in [-0.2, -0.15) is 0 Å². The van der Waals surface area contributed by atoms with Gasteiger partial charge in [0, 0.05) is 10.1 Å². The Balaban J connectivity index is 1.54. The zero-order chi connectivity index (χ0) is 21.8. The summed E-state index contributed by atoms with van der Waals surface area (Å²) in [4.78, 5) is 25.0. The molecule has 4 nitrogen and oxygen atoms in total. The van der Waals surface area contributed by atoms with Crippen molar-refractivity contribution in [3.8, 4) is 0 Å². The summed E-state index contributed by atoms with van der Waals surface area (Å²) in [6, 6.07) is 22.8. The topological polar surface area (TPSA) is 66.4 Å². The van der Waals surface area contributed by atoms with E-state index in [4.69, 9.17) is 11.6 Å². The number of carboxylic acids is 1. The molecule has 4 aromatic rings. The molecule has 0 spiro atoms. The highest BCUT2D eigenvalue weighted by molar-refractivity contribution is 7.21. The van der Waals surface area contributed by atoms with E-state index in [1.54, 1.807) is 18.2 Å². The summed E-state index contributed by atoms with van der Waals surface area (Å²) in [5, 5.41) is 13.5. The molecule has 2 N–H and O–H groups in total. The second-order valence-corrected chi connectivity index (χ2v) is 8.65. The van der Waals surface area contributed by atoms with Crippen molar-refractivity contribution >= 4 is 50.6 Å². The van der Waals surface area contributed by atoms with Crippen LogP contribution in [0.4, 0.5) is 5.69 Å². The first kappa shape index (κ1) is 21.1. The third kappa shape index (κ3) is 4.79. The number of amides is 1. The van der Waals surface area contributed by atoms with Crippen LogP contribution in [0.1, 0.15) is 37.6 Å². The van der Waals surface area contributed by atoms with E-state index >= 15 is 0 Å². The van der Waals surface area contributed by atoms with Gasteiger partial charge in [0.25, 0.3) is 5.91 Å². The lowest BCUT2D eigenvalue weighted by Gasteiger charge is -2.11. The number of nitrogens with one attached hydrogen (secondary N) is 1. The Morgan fingerprint density at radius 1 is 0.903 bits per heavy atom. The van der Waals surface area contributed by atoms with Crippen LogP contribution in [0.2, 0.25) is 5.02 Å². The predicted octanol–water partition coefficient (Wildman–Crippen LogP) is 6.68. The number of hydrogen-bond donors (Lipinski definition) is 2. The number of carbonyl (C=O) groups excluding carboxylic acids is 1. The van der Waals surface area contributed by atoms with Crippen molar-refractivity contribution in [2.75, 3.05) is 5.32 Å². The summed E-state index contributed by atoms with van der Waals surface area (Å²) >= 11 is 7.70. The quantitative estimate of drug-likeness (QED) is 0.330. The molecule has 0 fully saturated rings. The van der Waals surface area contributed by atoms with Crippen molar-refractivity contribution in [1.29, 1.82) is 0 Å². The normalized spacial score (nSPS) is 10.9. The van der Waals surface area contributed by atoms with E-state index in [2.05, 4.69) is 17.4 Å². The van der Waals surface area contributed by atoms with Crippen LogP contribution in [0.5, 0.6) is 0 Å². The molecule has 156 valence electrons. The Morgan fingerprint density at radius 2 is 1.61 bits per heavy atom. The van der Waals surface area contributed by atoms with Gasteiger partial charge in [-0.25, -0.2) is 4.79 Å². The lowest BCUT2D eigenvalue weighted by Crippen LogP contribution is -2.14. The first-order chi connectivity index (χ1) is 15.0. The first-order valence-corrected chi connectivity index (χ1v) is 11.1. The Bertz CT molecular complexity index is 1250. The van der Waals surface area contributed by atoms with Crippen LogP contribution in [0.15, 0.2) is 72.8 Å². The van der Waals surface area contributed by atoms with E-state index in [1.807, 2.05) is 42.5 Å². The second-order valence-electron chi connectivity index (χ2n) is 7.22. The van der Waals surface area contributed by atoms with Gasteiger partial charge in [0.05, 0.1) is 16.3 Å². The van der Waals surface area contributed by atoms with Crippen LogP contribution in [-0.4, -0.2) is 17.0 Å². The fraction of sp³-hybridized carbons (Fsp3) is 0.120. The molecule has 0 aliphatic carbocycles. The molecule has 3 aromatic carbocycles. The van der Waals surface area contributed by atoms with Crippen molar-refractivity contribution in [1.82, 2.24) is 0 Å². The number of benzene rings is 3. The fourth-order valence-corrected chi connectivity index (χ4v) is 4.93. The Kier molecular flexibility index (Phi) is 6.35. The largest absolute Gasteiger partial charge is 0.478 e. The van der Waals surface area contributed by atoms with Gasteiger partial charge >= 0.3 is 5.97 Å². The molecule has 0 aliphatic heterocycles. The van der Waals surface area contributed by atoms with Crippen LogP contribution in [0.25, 0.3) is 10.1 Å². The predicted molar refractivity (Wildman–Crippen MR) is 127 cm³/mol. The lowest BCUT2D eigenvalue weighted by atomic mass is 10.0. The number of aromatic carboxylic acids is 1. The SMILES string of the molecule is O=C(O)c1ccc(CCCc2ccccc2)cc1NC(=O)c1sc2ccccc2c1Cl. The number of fused-ring (bicyclic) bond motifs is 1. The highest BCUT2D eigenvalue weighted by atomic mass is 35.5. The van der Waals surface area contributed by atoms with Crippen molar-refractivity contribution < 1.29 is 14.7 Å². The fourth-order valence-electron chi connectivity index (χ4n) is 3.52. The van der Waals surface area contributed by atoms with E-state index in [9.17, 15) is 14.7 Å². The van der Waals surface area contributed by atoms with Gasteiger partial charge in [0.2, 0.25) is 0 Å². The summed E-state index contributed by atoms with van der Waals surface area (Å²) in [6.07, 6.45) is 2.63.